The highest BCUT2D eigenvalue weighted by atomic mass is 19.1. The molecule has 33 heavy (non-hydrogen) atoms. The van der Waals surface area contributed by atoms with Crippen LogP contribution in [0.4, 0.5) is 4.39 Å². The Labute approximate surface area is 190 Å². The second-order valence-corrected chi connectivity index (χ2v) is 7.86. The van der Waals surface area contributed by atoms with Crippen molar-refractivity contribution in [1.82, 2.24) is 24.6 Å². The Morgan fingerprint density at radius 1 is 0.970 bits per heavy atom. The Morgan fingerprint density at radius 2 is 1.76 bits per heavy atom. The van der Waals surface area contributed by atoms with E-state index in [2.05, 4.69) is 15.4 Å². The van der Waals surface area contributed by atoms with Gasteiger partial charge in [0.05, 0.1) is 29.9 Å². The summed E-state index contributed by atoms with van der Waals surface area (Å²) in [7, 11) is 0. The van der Waals surface area contributed by atoms with E-state index in [1.165, 1.54) is 12.1 Å². The molecule has 1 amide bonds. The summed E-state index contributed by atoms with van der Waals surface area (Å²) in [5.74, 6) is -0.510. The van der Waals surface area contributed by atoms with Crippen LogP contribution in [-0.2, 0) is 13.1 Å². The molecular formula is C26H22FN5O. The van der Waals surface area contributed by atoms with Crippen LogP contribution in [-0.4, -0.2) is 25.2 Å². The number of amides is 1. The van der Waals surface area contributed by atoms with Gasteiger partial charge in [-0.25, -0.2) is 9.37 Å². The molecule has 1 N–H and O–H groups in total. The van der Waals surface area contributed by atoms with Crippen LogP contribution in [0.2, 0.25) is 0 Å². The van der Waals surface area contributed by atoms with E-state index in [-0.39, 0.29) is 17.8 Å². The third-order valence-corrected chi connectivity index (χ3v) is 5.60. The van der Waals surface area contributed by atoms with Gasteiger partial charge in [-0.2, -0.15) is 5.10 Å². The lowest BCUT2D eigenvalue weighted by Crippen LogP contribution is -2.31. The quantitative estimate of drug-likeness (QED) is 0.403. The predicted octanol–water partition coefficient (Wildman–Crippen LogP) is 4.59. The van der Waals surface area contributed by atoms with E-state index in [0.717, 1.165) is 22.2 Å². The van der Waals surface area contributed by atoms with Gasteiger partial charge in [-0.1, -0.05) is 36.4 Å². The third kappa shape index (κ3) is 4.67. The molecule has 5 aromatic rings. The van der Waals surface area contributed by atoms with Crippen molar-refractivity contribution in [2.75, 3.05) is 0 Å². The molecule has 0 saturated carbocycles. The normalized spacial score (nSPS) is 12.0. The van der Waals surface area contributed by atoms with Crippen molar-refractivity contribution in [1.29, 1.82) is 0 Å². The fraction of sp³-hybridized carbons (Fsp3) is 0.115. The van der Waals surface area contributed by atoms with Gasteiger partial charge in [0, 0.05) is 24.5 Å². The fourth-order valence-corrected chi connectivity index (χ4v) is 3.87. The molecule has 7 heteroatoms. The lowest BCUT2D eigenvalue weighted by molar-refractivity contribution is 0.0933. The van der Waals surface area contributed by atoms with Gasteiger partial charge in [0.15, 0.2) is 0 Å². The van der Waals surface area contributed by atoms with Crippen LogP contribution in [0.5, 0.6) is 0 Å². The van der Waals surface area contributed by atoms with E-state index in [9.17, 15) is 9.18 Å². The molecule has 0 bridgehead atoms. The van der Waals surface area contributed by atoms with Crippen LogP contribution >= 0.6 is 0 Å². The number of para-hydroxylation sites is 2. The Balaban J connectivity index is 1.37. The molecule has 1 unspecified atom stereocenters. The zero-order valence-corrected chi connectivity index (χ0v) is 17.8. The smallest absolute Gasteiger partial charge is 0.251 e. The van der Waals surface area contributed by atoms with Crippen molar-refractivity contribution in [3.05, 3.63) is 120 Å². The highest BCUT2D eigenvalue weighted by Crippen LogP contribution is 2.20. The molecule has 5 rings (SSSR count). The van der Waals surface area contributed by atoms with Gasteiger partial charge in [-0.05, 0) is 53.6 Å². The topological polar surface area (TPSA) is 64.7 Å². The molecule has 164 valence electrons. The van der Waals surface area contributed by atoms with E-state index in [0.29, 0.717) is 18.7 Å². The van der Waals surface area contributed by atoms with Crippen molar-refractivity contribution < 1.29 is 9.18 Å². The van der Waals surface area contributed by atoms with Gasteiger partial charge in [-0.3, -0.25) is 9.48 Å². The molecule has 1 atom stereocenters. The van der Waals surface area contributed by atoms with Crippen LogP contribution < -0.4 is 5.32 Å². The second kappa shape index (κ2) is 9.08. The zero-order chi connectivity index (χ0) is 22.6. The van der Waals surface area contributed by atoms with Gasteiger partial charge >= 0.3 is 0 Å². The number of carbonyl (C=O) groups is 1. The van der Waals surface area contributed by atoms with Gasteiger partial charge in [0.2, 0.25) is 0 Å². The summed E-state index contributed by atoms with van der Waals surface area (Å²) in [6.07, 6.45) is 5.39. The average Bonchev–Trinajstić information content (AvgIpc) is 3.50. The third-order valence-electron chi connectivity index (χ3n) is 5.60. The molecule has 0 aliphatic rings. The molecule has 0 saturated heterocycles. The van der Waals surface area contributed by atoms with E-state index in [1.54, 1.807) is 24.7 Å². The minimum atomic E-state index is -0.362. The lowest BCUT2D eigenvalue weighted by atomic mass is 10.1. The van der Waals surface area contributed by atoms with Gasteiger partial charge in [0.25, 0.3) is 5.91 Å². The minimum absolute atomic E-state index is 0.195. The van der Waals surface area contributed by atoms with Crippen molar-refractivity contribution >= 4 is 16.9 Å². The standard InChI is InChI=1S/C26H22FN5O/c27-22-12-10-20(11-13-22)24(17-31-18-28-23-4-1-2-5-25(23)31)30-26(33)21-8-6-19(7-9-21)16-32-15-3-14-29-32/h1-15,18,24H,16-17H2,(H,30,33). The lowest BCUT2D eigenvalue weighted by Gasteiger charge is -2.20. The molecule has 2 heterocycles. The number of hydrogen-bond acceptors (Lipinski definition) is 3. The molecule has 6 nitrogen and oxygen atoms in total. The Morgan fingerprint density at radius 3 is 2.52 bits per heavy atom. The number of fused-ring (bicyclic) bond motifs is 1. The van der Waals surface area contributed by atoms with E-state index in [1.807, 2.05) is 70.0 Å². The van der Waals surface area contributed by atoms with E-state index in [4.69, 9.17) is 0 Å². The maximum atomic E-state index is 13.5. The maximum absolute atomic E-state index is 13.5. The molecule has 0 fully saturated rings. The Bertz CT molecular complexity index is 1360. The summed E-state index contributed by atoms with van der Waals surface area (Å²) in [5, 5.41) is 7.32. The van der Waals surface area contributed by atoms with Crippen LogP contribution in [0.25, 0.3) is 11.0 Å². The van der Waals surface area contributed by atoms with Crippen LogP contribution in [0, 0.1) is 5.82 Å². The Kier molecular flexibility index (Phi) is 5.68. The fourth-order valence-electron chi connectivity index (χ4n) is 3.87. The number of rotatable bonds is 7. The zero-order valence-electron chi connectivity index (χ0n) is 17.8. The van der Waals surface area contributed by atoms with Crippen LogP contribution in [0.15, 0.2) is 97.6 Å². The molecule has 0 spiro atoms. The summed E-state index contributed by atoms with van der Waals surface area (Å²) in [6, 6.07) is 23.0. The first-order chi connectivity index (χ1) is 16.2. The number of benzene rings is 3. The molecule has 0 radical (unpaired) electrons. The first-order valence-electron chi connectivity index (χ1n) is 10.7. The van der Waals surface area contributed by atoms with Crippen molar-refractivity contribution in [3.63, 3.8) is 0 Å². The molecule has 3 aromatic carbocycles. The SMILES string of the molecule is O=C(NC(Cn1cnc2ccccc21)c1ccc(F)cc1)c1ccc(Cn2cccn2)cc1. The largest absolute Gasteiger partial charge is 0.343 e. The number of imidazole rings is 1. The monoisotopic (exact) mass is 439 g/mol. The summed E-state index contributed by atoms with van der Waals surface area (Å²) in [6.45, 7) is 1.11. The first-order valence-corrected chi connectivity index (χ1v) is 10.7. The van der Waals surface area contributed by atoms with Crippen LogP contribution in [0.3, 0.4) is 0 Å². The van der Waals surface area contributed by atoms with E-state index < -0.39 is 0 Å². The number of nitrogens with one attached hydrogen (secondary N) is 1. The van der Waals surface area contributed by atoms with E-state index >= 15 is 0 Å². The average molecular weight is 439 g/mol. The van der Waals surface area contributed by atoms with Gasteiger partial charge < -0.3 is 9.88 Å². The maximum Gasteiger partial charge on any atom is 0.251 e. The Hall–Kier alpha value is -4.26. The van der Waals surface area contributed by atoms with Gasteiger partial charge in [-0.15, -0.1) is 0 Å². The van der Waals surface area contributed by atoms with Crippen molar-refractivity contribution in [3.8, 4) is 0 Å². The first kappa shape index (κ1) is 20.6. The number of carbonyl (C=O) groups excluding carboxylic acids is 1. The number of hydrogen-bond donors (Lipinski definition) is 1. The molecule has 0 aliphatic heterocycles. The number of aromatic nitrogens is 4. The van der Waals surface area contributed by atoms with Crippen LogP contribution in [0.1, 0.15) is 27.5 Å². The summed E-state index contributed by atoms with van der Waals surface area (Å²) >= 11 is 0. The van der Waals surface area contributed by atoms with Crippen molar-refractivity contribution in [2.24, 2.45) is 0 Å². The highest BCUT2D eigenvalue weighted by Gasteiger charge is 2.18. The number of nitrogens with zero attached hydrogens (tertiary/aromatic N) is 4. The summed E-state index contributed by atoms with van der Waals surface area (Å²) in [4.78, 5) is 17.5. The minimum Gasteiger partial charge on any atom is -0.343 e. The molecule has 0 aliphatic carbocycles. The van der Waals surface area contributed by atoms with Gasteiger partial charge in [0.1, 0.15) is 5.82 Å². The predicted molar refractivity (Wildman–Crippen MR) is 124 cm³/mol. The molecule has 2 aromatic heterocycles. The summed E-state index contributed by atoms with van der Waals surface area (Å²) in [5.41, 5.74) is 4.28. The highest BCUT2D eigenvalue weighted by molar-refractivity contribution is 5.94. The van der Waals surface area contributed by atoms with Crippen molar-refractivity contribution in [2.45, 2.75) is 19.1 Å². The summed E-state index contributed by atoms with van der Waals surface area (Å²) < 4.78 is 17.4. The molecular weight excluding hydrogens is 417 g/mol. The number of halogens is 1. The second-order valence-electron chi connectivity index (χ2n) is 7.86.